The molecule has 0 aliphatic heterocycles. The summed E-state index contributed by atoms with van der Waals surface area (Å²) >= 11 is 0. The highest BCUT2D eigenvalue weighted by atomic mass is 19.4. The van der Waals surface area contributed by atoms with Gasteiger partial charge in [-0.3, -0.25) is 4.79 Å². The molecule has 0 unspecified atom stereocenters. The highest BCUT2D eigenvalue weighted by Gasteiger charge is 2.30. The van der Waals surface area contributed by atoms with Crippen molar-refractivity contribution in [1.29, 1.82) is 0 Å². The number of carbonyl (C=O) groups is 1. The zero-order valence-electron chi connectivity index (χ0n) is 10.4. The van der Waals surface area contributed by atoms with E-state index in [2.05, 4.69) is 4.98 Å². The van der Waals surface area contributed by atoms with Crippen molar-refractivity contribution >= 4 is 6.29 Å². The molecule has 0 aliphatic rings. The van der Waals surface area contributed by atoms with Crippen molar-refractivity contribution < 1.29 is 22.7 Å². The minimum Gasteiger partial charge on any atom is -0.494 e. The summed E-state index contributed by atoms with van der Waals surface area (Å²) in [6.45, 7) is 0. The quantitative estimate of drug-likeness (QED) is 0.807. The fraction of sp³-hybridized carbons (Fsp3) is 0.143. The number of ether oxygens (including phenoxy) is 1. The predicted octanol–water partition coefficient (Wildman–Crippen LogP) is 3.59. The Hall–Kier alpha value is -2.37. The average Bonchev–Trinajstić information content (AvgIpc) is 2.45. The van der Waals surface area contributed by atoms with Crippen LogP contribution >= 0.6 is 0 Å². The van der Waals surface area contributed by atoms with Crippen LogP contribution in [0.5, 0.6) is 5.75 Å². The fourth-order valence-corrected chi connectivity index (χ4v) is 1.72. The smallest absolute Gasteiger partial charge is 0.416 e. The second kappa shape index (κ2) is 5.32. The molecule has 6 heteroatoms. The third-order valence-corrected chi connectivity index (χ3v) is 2.71. The molecule has 0 N–H and O–H groups in total. The molecule has 2 aromatic rings. The van der Waals surface area contributed by atoms with Crippen LogP contribution in [-0.2, 0) is 6.18 Å². The molecule has 20 heavy (non-hydrogen) atoms. The Morgan fingerprint density at radius 3 is 2.25 bits per heavy atom. The molecule has 1 heterocycles. The van der Waals surface area contributed by atoms with E-state index >= 15 is 0 Å². The number of aldehydes is 1. The third-order valence-electron chi connectivity index (χ3n) is 2.71. The molecule has 0 saturated carbocycles. The fourth-order valence-electron chi connectivity index (χ4n) is 1.72. The monoisotopic (exact) mass is 281 g/mol. The van der Waals surface area contributed by atoms with Gasteiger partial charge in [0.05, 0.1) is 12.7 Å². The highest BCUT2D eigenvalue weighted by Crippen LogP contribution is 2.33. The van der Waals surface area contributed by atoms with E-state index in [9.17, 15) is 18.0 Å². The Bertz CT molecular complexity index is 621. The van der Waals surface area contributed by atoms with Gasteiger partial charge < -0.3 is 4.74 Å². The first-order valence-corrected chi connectivity index (χ1v) is 5.63. The Morgan fingerprint density at radius 1 is 1.10 bits per heavy atom. The molecule has 0 bridgehead atoms. The lowest BCUT2D eigenvalue weighted by atomic mass is 10.1. The van der Waals surface area contributed by atoms with Crippen LogP contribution < -0.4 is 4.74 Å². The van der Waals surface area contributed by atoms with Crippen molar-refractivity contribution in [3.63, 3.8) is 0 Å². The maximum atomic E-state index is 12.5. The SMILES string of the molecule is COc1ccc(C=O)nc1-c1ccc(C(F)(F)F)cc1. The van der Waals surface area contributed by atoms with E-state index in [0.717, 1.165) is 12.1 Å². The average molecular weight is 281 g/mol. The van der Waals surface area contributed by atoms with Gasteiger partial charge in [0.25, 0.3) is 0 Å². The zero-order valence-corrected chi connectivity index (χ0v) is 10.4. The summed E-state index contributed by atoms with van der Waals surface area (Å²) in [4.78, 5) is 14.8. The number of halogens is 3. The van der Waals surface area contributed by atoms with Crippen molar-refractivity contribution in [2.24, 2.45) is 0 Å². The van der Waals surface area contributed by atoms with Crippen LogP contribution in [0.15, 0.2) is 36.4 Å². The molecule has 2 rings (SSSR count). The van der Waals surface area contributed by atoms with Crippen LogP contribution in [0.1, 0.15) is 16.1 Å². The van der Waals surface area contributed by atoms with E-state index in [4.69, 9.17) is 4.74 Å². The first-order valence-electron chi connectivity index (χ1n) is 5.63. The molecule has 3 nitrogen and oxygen atoms in total. The number of hydrogen-bond donors (Lipinski definition) is 0. The van der Waals surface area contributed by atoms with Gasteiger partial charge in [0.15, 0.2) is 6.29 Å². The summed E-state index contributed by atoms with van der Waals surface area (Å²) in [6.07, 6.45) is -3.83. The third kappa shape index (κ3) is 2.79. The highest BCUT2D eigenvalue weighted by molar-refractivity contribution is 5.76. The van der Waals surface area contributed by atoms with Crippen molar-refractivity contribution in [2.45, 2.75) is 6.18 Å². The first kappa shape index (κ1) is 14.0. The molecule has 1 aromatic carbocycles. The largest absolute Gasteiger partial charge is 0.494 e. The zero-order chi connectivity index (χ0) is 14.8. The number of aromatic nitrogens is 1. The Morgan fingerprint density at radius 2 is 1.75 bits per heavy atom. The van der Waals surface area contributed by atoms with Gasteiger partial charge in [-0.25, -0.2) is 4.98 Å². The summed E-state index contributed by atoms with van der Waals surface area (Å²) in [5.41, 5.74) is 0.205. The van der Waals surface area contributed by atoms with E-state index in [-0.39, 0.29) is 5.69 Å². The number of hydrogen-bond acceptors (Lipinski definition) is 3. The second-order valence-electron chi connectivity index (χ2n) is 3.98. The van der Waals surface area contributed by atoms with Gasteiger partial charge >= 0.3 is 6.18 Å². The Labute approximate surface area is 113 Å². The lowest BCUT2D eigenvalue weighted by Gasteiger charge is -2.10. The van der Waals surface area contributed by atoms with E-state index in [1.165, 1.54) is 25.3 Å². The van der Waals surface area contributed by atoms with Crippen LogP contribution in [0.3, 0.4) is 0 Å². The minimum absolute atomic E-state index is 0.181. The van der Waals surface area contributed by atoms with Gasteiger partial charge in [-0.05, 0) is 24.3 Å². The maximum Gasteiger partial charge on any atom is 0.416 e. The van der Waals surface area contributed by atoms with Gasteiger partial charge in [0, 0.05) is 5.56 Å². The Balaban J connectivity index is 2.48. The number of nitrogens with zero attached hydrogens (tertiary/aromatic N) is 1. The molecule has 0 saturated heterocycles. The summed E-state index contributed by atoms with van der Waals surface area (Å²) in [6, 6.07) is 7.53. The lowest BCUT2D eigenvalue weighted by molar-refractivity contribution is -0.137. The Kier molecular flexibility index (Phi) is 3.74. The van der Waals surface area contributed by atoms with Crippen LogP contribution in [0.4, 0.5) is 13.2 Å². The number of methoxy groups -OCH3 is 1. The van der Waals surface area contributed by atoms with Crippen molar-refractivity contribution in [1.82, 2.24) is 4.98 Å². The van der Waals surface area contributed by atoms with Gasteiger partial charge in [-0.15, -0.1) is 0 Å². The summed E-state index contributed by atoms with van der Waals surface area (Å²) in [5, 5.41) is 0. The summed E-state index contributed by atoms with van der Waals surface area (Å²) in [7, 11) is 1.42. The number of rotatable bonds is 3. The van der Waals surface area contributed by atoms with Crippen molar-refractivity contribution in [3.8, 4) is 17.0 Å². The van der Waals surface area contributed by atoms with E-state index in [0.29, 0.717) is 23.3 Å². The molecule has 0 atom stereocenters. The topological polar surface area (TPSA) is 39.2 Å². The van der Waals surface area contributed by atoms with Crippen LogP contribution in [0.2, 0.25) is 0 Å². The predicted molar refractivity (Wildman–Crippen MR) is 66.6 cm³/mol. The maximum absolute atomic E-state index is 12.5. The number of pyridine rings is 1. The molecule has 1 aromatic heterocycles. The molecule has 0 aliphatic carbocycles. The normalized spacial score (nSPS) is 11.2. The minimum atomic E-state index is -4.39. The van der Waals surface area contributed by atoms with Crippen molar-refractivity contribution in [3.05, 3.63) is 47.7 Å². The van der Waals surface area contributed by atoms with E-state index in [1.807, 2.05) is 0 Å². The number of benzene rings is 1. The lowest BCUT2D eigenvalue weighted by Crippen LogP contribution is -2.04. The van der Waals surface area contributed by atoms with Gasteiger partial charge in [-0.1, -0.05) is 12.1 Å². The standard InChI is InChI=1S/C14H10F3NO2/c1-20-12-7-6-11(8-19)18-13(12)9-2-4-10(5-3-9)14(15,16)17/h2-8H,1H3. The van der Waals surface area contributed by atoms with Gasteiger partial charge in [0.2, 0.25) is 0 Å². The molecule has 104 valence electrons. The molecule has 0 radical (unpaired) electrons. The molecule has 0 amide bonds. The second-order valence-corrected chi connectivity index (χ2v) is 3.98. The molecule has 0 fully saturated rings. The number of alkyl halides is 3. The van der Waals surface area contributed by atoms with Crippen LogP contribution in [0.25, 0.3) is 11.3 Å². The van der Waals surface area contributed by atoms with E-state index in [1.54, 1.807) is 6.07 Å². The van der Waals surface area contributed by atoms with Gasteiger partial charge in [-0.2, -0.15) is 13.2 Å². The molecule has 0 spiro atoms. The first-order chi connectivity index (χ1) is 9.45. The van der Waals surface area contributed by atoms with Crippen molar-refractivity contribution in [2.75, 3.05) is 7.11 Å². The molecular formula is C14H10F3NO2. The number of carbonyl (C=O) groups excluding carboxylic acids is 1. The van der Waals surface area contributed by atoms with E-state index < -0.39 is 11.7 Å². The molecular weight excluding hydrogens is 271 g/mol. The summed E-state index contributed by atoms with van der Waals surface area (Å²) in [5.74, 6) is 0.385. The van der Waals surface area contributed by atoms with Crippen LogP contribution in [-0.4, -0.2) is 18.4 Å². The van der Waals surface area contributed by atoms with Gasteiger partial charge in [0.1, 0.15) is 17.1 Å². The van der Waals surface area contributed by atoms with Crippen LogP contribution in [0, 0.1) is 0 Å². The summed E-state index contributed by atoms with van der Waals surface area (Å²) < 4.78 is 42.6.